The summed E-state index contributed by atoms with van der Waals surface area (Å²) in [5.74, 6) is 2.16. The van der Waals surface area contributed by atoms with Crippen molar-refractivity contribution in [3.63, 3.8) is 0 Å². The fourth-order valence-electron chi connectivity index (χ4n) is 3.25. The minimum atomic E-state index is 0. The standard InChI is InChI=1S/C22H26N6S4.2HI/c1-27-11-7-9-17(15-27)19-21(25-31-23-19)29-13-5-3-4-6-14-30-22-20(24-32-26-22)18-10-8-12-28(2)16-18;;/h7-12,15-16H,3-6,13-14H2,1-2H3;2*1H/q+2;;/p-2. The van der Waals surface area contributed by atoms with Gasteiger partial charge in [-0.2, -0.15) is 17.5 Å². The molecule has 6 nitrogen and oxygen atoms in total. The first-order valence-corrected chi connectivity index (χ1v) is 14.0. The highest BCUT2D eigenvalue weighted by Gasteiger charge is 2.14. The van der Waals surface area contributed by atoms with E-state index in [1.165, 1.54) is 49.1 Å². The van der Waals surface area contributed by atoms with Crippen molar-refractivity contribution >= 4 is 47.0 Å². The number of nitrogens with zero attached hydrogens (tertiary/aromatic N) is 6. The number of thioether (sulfide) groups is 2. The minimum absolute atomic E-state index is 0. The van der Waals surface area contributed by atoms with Crippen LogP contribution in [0.3, 0.4) is 0 Å². The zero-order chi connectivity index (χ0) is 22.2. The Morgan fingerprint density at radius 2 is 1.12 bits per heavy atom. The molecule has 4 aromatic heterocycles. The molecule has 0 amide bonds. The summed E-state index contributed by atoms with van der Waals surface area (Å²) in [6.07, 6.45) is 13.1. The molecule has 0 fully saturated rings. The molecule has 4 aromatic rings. The maximum atomic E-state index is 4.51. The number of halogens is 2. The second-order valence-corrected chi connectivity index (χ2v) is 10.7. The molecule has 0 aromatic carbocycles. The number of aromatic nitrogens is 6. The van der Waals surface area contributed by atoms with Crippen LogP contribution in [0.15, 0.2) is 59.1 Å². The van der Waals surface area contributed by atoms with Crippen molar-refractivity contribution < 1.29 is 57.1 Å². The maximum Gasteiger partial charge on any atom is 0.178 e. The SMILES string of the molecule is C[n+]1cccc(-c2nsnc2SCCCCCCSc2nsnc2-c2ccc[n+](C)c2)c1.[I-].[I-]. The average Bonchev–Trinajstić information content (AvgIpc) is 3.45. The van der Waals surface area contributed by atoms with Crippen LogP contribution >= 0.6 is 47.0 Å². The van der Waals surface area contributed by atoms with E-state index >= 15 is 0 Å². The highest BCUT2D eigenvalue weighted by molar-refractivity contribution is 7.99. The van der Waals surface area contributed by atoms with Gasteiger partial charge in [0.05, 0.1) is 34.6 Å². The van der Waals surface area contributed by atoms with E-state index in [0.717, 1.165) is 44.1 Å². The Balaban J connectivity index is 0.00000204. The molecule has 0 bridgehead atoms. The van der Waals surface area contributed by atoms with E-state index in [1.807, 2.05) is 71.3 Å². The molecule has 0 spiro atoms. The highest BCUT2D eigenvalue weighted by atomic mass is 127. The van der Waals surface area contributed by atoms with Crippen molar-refractivity contribution in [2.24, 2.45) is 14.1 Å². The molecule has 0 saturated carbocycles. The van der Waals surface area contributed by atoms with Crippen LogP contribution in [0.4, 0.5) is 0 Å². The van der Waals surface area contributed by atoms with Crippen molar-refractivity contribution in [3.8, 4) is 22.5 Å². The third-order valence-corrected chi connectivity index (χ3v) is 8.25. The third kappa shape index (κ3) is 8.61. The molecular formula is C22H26I2N6S4. The Hall–Kier alpha value is -0.420. The molecule has 0 aliphatic heterocycles. The van der Waals surface area contributed by atoms with Gasteiger partial charge < -0.3 is 48.0 Å². The Labute approximate surface area is 252 Å². The molecule has 0 aliphatic rings. The summed E-state index contributed by atoms with van der Waals surface area (Å²) in [7, 11) is 4.06. The molecule has 4 heterocycles. The average molecular weight is 757 g/mol. The van der Waals surface area contributed by atoms with Crippen molar-refractivity contribution in [3.05, 3.63) is 49.1 Å². The predicted octanol–water partition coefficient (Wildman–Crippen LogP) is -1.17. The quantitative estimate of drug-likeness (QED) is 0.0834. The number of hydrogen-bond acceptors (Lipinski definition) is 8. The lowest BCUT2D eigenvalue weighted by atomic mass is 10.2. The van der Waals surface area contributed by atoms with Gasteiger partial charge in [-0.05, 0) is 36.5 Å². The van der Waals surface area contributed by atoms with Crippen LogP contribution in [0.1, 0.15) is 25.7 Å². The van der Waals surface area contributed by atoms with Crippen molar-refractivity contribution in [2.75, 3.05) is 11.5 Å². The van der Waals surface area contributed by atoms with Crippen molar-refractivity contribution in [1.29, 1.82) is 0 Å². The fourth-order valence-corrected chi connectivity index (χ4v) is 6.63. The molecule has 34 heavy (non-hydrogen) atoms. The summed E-state index contributed by atoms with van der Waals surface area (Å²) in [5.41, 5.74) is 4.27. The van der Waals surface area contributed by atoms with E-state index < -0.39 is 0 Å². The van der Waals surface area contributed by atoms with Crippen LogP contribution in [0.25, 0.3) is 22.5 Å². The fraction of sp³-hybridized carbons (Fsp3) is 0.364. The van der Waals surface area contributed by atoms with Gasteiger partial charge >= 0.3 is 0 Å². The minimum Gasteiger partial charge on any atom is -1.00 e. The lowest BCUT2D eigenvalue weighted by Gasteiger charge is -2.03. The molecule has 12 heteroatoms. The first-order valence-electron chi connectivity index (χ1n) is 10.5. The number of rotatable bonds is 11. The number of aryl methyl sites for hydroxylation is 2. The second-order valence-electron chi connectivity index (χ2n) is 7.46. The summed E-state index contributed by atoms with van der Waals surface area (Å²) in [6, 6.07) is 8.29. The van der Waals surface area contributed by atoms with Crippen LogP contribution in [0, 0.1) is 0 Å². The van der Waals surface area contributed by atoms with Gasteiger partial charge in [0, 0.05) is 12.1 Å². The van der Waals surface area contributed by atoms with Gasteiger partial charge in [-0.3, -0.25) is 0 Å². The molecule has 0 aliphatic carbocycles. The lowest BCUT2D eigenvalue weighted by Crippen LogP contribution is -3.00. The topological polar surface area (TPSA) is 59.3 Å². The Bertz CT molecular complexity index is 1060. The largest absolute Gasteiger partial charge is 1.00 e. The molecule has 0 atom stereocenters. The molecule has 0 unspecified atom stereocenters. The van der Waals surface area contributed by atoms with E-state index in [9.17, 15) is 0 Å². The zero-order valence-electron chi connectivity index (χ0n) is 18.9. The van der Waals surface area contributed by atoms with Crippen LogP contribution in [-0.2, 0) is 14.1 Å². The van der Waals surface area contributed by atoms with Gasteiger partial charge in [0.15, 0.2) is 24.8 Å². The van der Waals surface area contributed by atoms with Gasteiger partial charge in [0.1, 0.15) is 35.5 Å². The van der Waals surface area contributed by atoms with Crippen molar-refractivity contribution in [1.82, 2.24) is 17.5 Å². The molecule has 0 N–H and O–H groups in total. The highest BCUT2D eigenvalue weighted by Crippen LogP contribution is 2.31. The van der Waals surface area contributed by atoms with Gasteiger partial charge in [-0.25, -0.2) is 9.13 Å². The zero-order valence-corrected chi connectivity index (χ0v) is 26.5. The predicted molar refractivity (Wildman–Crippen MR) is 133 cm³/mol. The first kappa shape index (κ1) is 29.8. The molecule has 0 radical (unpaired) electrons. The van der Waals surface area contributed by atoms with Gasteiger partial charge in [-0.1, -0.05) is 12.8 Å². The van der Waals surface area contributed by atoms with Crippen LogP contribution in [0.5, 0.6) is 0 Å². The normalized spacial score (nSPS) is 10.5. The summed E-state index contributed by atoms with van der Waals surface area (Å²) in [4.78, 5) is 0. The smallest absolute Gasteiger partial charge is 0.178 e. The van der Waals surface area contributed by atoms with Crippen LogP contribution in [0.2, 0.25) is 0 Å². The van der Waals surface area contributed by atoms with Crippen LogP contribution < -0.4 is 57.1 Å². The Morgan fingerprint density at radius 3 is 1.53 bits per heavy atom. The first-order chi connectivity index (χ1) is 15.7. The Kier molecular flexibility index (Phi) is 13.7. The lowest BCUT2D eigenvalue weighted by molar-refractivity contribution is -0.671. The number of pyridine rings is 2. The van der Waals surface area contributed by atoms with E-state index in [-0.39, 0.29) is 48.0 Å². The van der Waals surface area contributed by atoms with Crippen LogP contribution in [-0.4, -0.2) is 29.0 Å². The second kappa shape index (κ2) is 15.6. The van der Waals surface area contributed by atoms with Gasteiger partial charge in [-0.15, -0.1) is 23.5 Å². The molecular weight excluding hydrogens is 730 g/mol. The number of hydrogen-bond donors (Lipinski definition) is 0. The molecule has 4 rings (SSSR count). The summed E-state index contributed by atoms with van der Waals surface area (Å²) >= 11 is 6.23. The number of unbranched alkanes of at least 4 members (excludes halogenated alkanes) is 3. The third-order valence-electron chi connectivity index (χ3n) is 4.86. The van der Waals surface area contributed by atoms with Gasteiger partial charge in [0.25, 0.3) is 0 Å². The van der Waals surface area contributed by atoms with E-state index in [2.05, 4.69) is 42.0 Å². The molecule has 182 valence electrons. The summed E-state index contributed by atoms with van der Waals surface area (Å²) in [5, 5.41) is 2.10. The van der Waals surface area contributed by atoms with E-state index in [1.54, 1.807) is 0 Å². The summed E-state index contributed by atoms with van der Waals surface area (Å²) < 4.78 is 22.1. The molecule has 0 saturated heterocycles. The van der Waals surface area contributed by atoms with E-state index in [0.29, 0.717) is 0 Å². The van der Waals surface area contributed by atoms with Gasteiger partial charge in [0.2, 0.25) is 0 Å². The monoisotopic (exact) mass is 756 g/mol. The Morgan fingerprint density at radius 1 is 0.676 bits per heavy atom. The summed E-state index contributed by atoms with van der Waals surface area (Å²) in [6.45, 7) is 0. The van der Waals surface area contributed by atoms with Crippen molar-refractivity contribution in [2.45, 2.75) is 35.7 Å². The van der Waals surface area contributed by atoms with E-state index in [4.69, 9.17) is 0 Å². The maximum absolute atomic E-state index is 4.51.